The summed E-state index contributed by atoms with van der Waals surface area (Å²) in [6, 6.07) is 0. The third-order valence-corrected chi connectivity index (χ3v) is 10.1. The molecule has 0 N–H and O–H groups in total. The minimum Gasteiger partial charge on any atom is -0.0811 e. The zero-order valence-electron chi connectivity index (χ0n) is 23.4. The predicted molar refractivity (Wildman–Crippen MR) is 147 cm³/mol. The summed E-state index contributed by atoms with van der Waals surface area (Å²) in [5.74, 6) is 7.48. The van der Waals surface area contributed by atoms with E-state index in [1.54, 1.807) is 11.1 Å². The highest BCUT2D eigenvalue weighted by molar-refractivity contribution is 5.33. The molecule has 0 heterocycles. The van der Waals surface area contributed by atoms with Gasteiger partial charge in [-0.15, -0.1) is 0 Å². The molecule has 0 aliphatic heterocycles. The van der Waals surface area contributed by atoms with Crippen molar-refractivity contribution in [1.82, 2.24) is 0 Å². The fourth-order valence-corrected chi connectivity index (χ4v) is 7.95. The van der Waals surface area contributed by atoms with Gasteiger partial charge in [-0.05, 0) is 123 Å². The maximum Gasteiger partial charge on any atom is -0.0277 e. The van der Waals surface area contributed by atoms with E-state index in [0.717, 1.165) is 47.3 Å². The van der Waals surface area contributed by atoms with Gasteiger partial charge in [0.25, 0.3) is 0 Å². The average molecular weight is 455 g/mol. The van der Waals surface area contributed by atoms with E-state index in [4.69, 9.17) is 0 Å². The normalized spacial score (nSPS) is 34.5. The molecule has 0 saturated heterocycles. The molecule has 0 heteroatoms. The zero-order valence-corrected chi connectivity index (χ0v) is 23.4. The molecule has 0 bridgehead atoms. The van der Waals surface area contributed by atoms with Crippen molar-refractivity contribution in [3.05, 3.63) is 23.3 Å². The highest BCUT2D eigenvalue weighted by Crippen LogP contribution is 2.49. The van der Waals surface area contributed by atoms with Gasteiger partial charge in [0.15, 0.2) is 0 Å². The lowest BCUT2D eigenvalue weighted by atomic mass is 9.69. The van der Waals surface area contributed by atoms with E-state index in [-0.39, 0.29) is 0 Å². The molecule has 3 rings (SSSR count). The van der Waals surface area contributed by atoms with Crippen molar-refractivity contribution < 1.29 is 0 Å². The van der Waals surface area contributed by atoms with Crippen LogP contribution in [0.4, 0.5) is 0 Å². The molecule has 33 heavy (non-hydrogen) atoms. The minimum atomic E-state index is 0.849. The first kappa shape index (κ1) is 27.1. The molecular formula is C33H58. The van der Waals surface area contributed by atoms with Gasteiger partial charge in [0.1, 0.15) is 0 Å². The molecule has 0 nitrogen and oxygen atoms in total. The van der Waals surface area contributed by atoms with Crippen LogP contribution in [0.3, 0.4) is 0 Å². The Kier molecular flexibility index (Phi) is 11.1. The summed E-state index contributed by atoms with van der Waals surface area (Å²) >= 11 is 0. The molecule has 0 radical (unpaired) electrons. The smallest absolute Gasteiger partial charge is 0.0277 e. The van der Waals surface area contributed by atoms with E-state index in [2.05, 4.69) is 53.7 Å². The Labute approximate surface area is 208 Å². The Morgan fingerprint density at radius 1 is 0.909 bits per heavy atom. The van der Waals surface area contributed by atoms with E-state index in [9.17, 15) is 0 Å². The van der Waals surface area contributed by atoms with Crippen LogP contribution >= 0.6 is 0 Å². The number of hydrogen-bond acceptors (Lipinski definition) is 0. The number of allylic oxidation sites excluding steroid dienone is 4. The largest absolute Gasteiger partial charge is 0.0811 e. The van der Waals surface area contributed by atoms with Crippen molar-refractivity contribution in [3.8, 4) is 0 Å². The predicted octanol–water partition coefficient (Wildman–Crippen LogP) is 10.8. The van der Waals surface area contributed by atoms with Crippen molar-refractivity contribution in [3.63, 3.8) is 0 Å². The van der Waals surface area contributed by atoms with E-state index in [1.165, 1.54) is 96.3 Å². The van der Waals surface area contributed by atoms with Crippen LogP contribution in [0.1, 0.15) is 138 Å². The molecule has 0 aromatic rings. The molecule has 190 valence electrons. The Bertz CT molecular complexity index is 622. The fourth-order valence-electron chi connectivity index (χ4n) is 7.95. The minimum absolute atomic E-state index is 0.849. The van der Waals surface area contributed by atoms with Crippen molar-refractivity contribution in [2.75, 3.05) is 0 Å². The number of hydrogen-bond donors (Lipinski definition) is 0. The summed E-state index contributed by atoms with van der Waals surface area (Å²) in [6.07, 6.45) is 26.6. The lowest BCUT2D eigenvalue weighted by Gasteiger charge is -2.36. The Hall–Kier alpha value is -0.520. The third-order valence-electron chi connectivity index (χ3n) is 10.1. The summed E-state index contributed by atoms with van der Waals surface area (Å²) < 4.78 is 0. The summed E-state index contributed by atoms with van der Waals surface area (Å²) in [4.78, 5) is 0. The molecule has 3 aliphatic rings. The zero-order chi connectivity index (χ0) is 23.8. The van der Waals surface area contributed by atoms with Gasteiger partial charge >= 0.3 is 0 Å². The first-order valence-corrected chi connectivity index (χ1v) is 15.3. The van der Waals surface area contributed by atoms with Crippen LogP contribution < -0.4 is 0 Å². The Morgan fingerprint density at radius 3 is 2.30 bits per heavy atom. The second-order valence-corrected chi connectivity index (χ2v) is 13.0. The summed E-state index contributed by atoms with van der Waals surface area (Å²) in [5.41, 5.74) is 3.45. The third kappa shape index (κ3) is 7.73. The van der Waals surface area contributed by atoms with Crippen LogP contribution in [0.5, 0.6) is 0 Å². The van der Waals surface area contributed by atoms with E-state index >= 15 is 0 Å². The Morgan fingerprint density at radius 2 is 1.70 bits per heavy atom. The topological polar surface area (TPSA) is 0 Å². The van der Waals surface area contributed by atoms with Crippen LogP contribution in [0.2, 0.25) is 0 Å². The van der Waals surface area contributed by atoms with Gasteiger partial charge < -0.3 is 0 Å². The monoisotopic (exact) mass is 454 g/mol. The molecule has 0 aromatic heterocycles. The molecule has 1 fully saturated rings. The maximum absolute atomic E-state index is 2.67. The fraction of sp³-hybridized carbons (Fsp3) is 0.879. The first-order chi connectivity index (χ1) is 15.9. The standard InChI is InChI=1S/C33H58/c1-7-12-32-28(8-2)21-26(6)31(23-33(32)25(5)16-15-24(3)4)22-27-17-19-30(20-18-27)29-13-10-9-11-14-29/h13,19,24-28,31-33H,7-12,14-18,20-23H2,1-6H3/t25-,26?,27+,28?,31?,32?,33?/m0/s1. The first-order valence-electron chi connectivity index (χ1n) is 15.3. The van der Waals surface area contributed by atoms with Gasteiger partial charge in [0, 0.05) is 0 Å². The summed E-state index contributed by atoms with van der Waals surface area (Å²) in [6.45, 7) is 15.0. The Balaban J connectivity index is 1.69. The lowest BCUT2D eigenvalue weighted by Crippen LogP contribution is -2.28. The van der Waals surface area contributed by atoms with Crippen molar-refractivity contribution in [1.29, 1.82) is 0 Å². The molecular weight excluding hydrogens is 396 g/mol. The van der Waals surface area contributed by atoms with Gasteiger partial charge in [-0.2, -0.15) is 0 Å². The van der Waals surface area contributed by atoms with Crippen LogP contribution in [0.15, 0.2) is 23.3 Å². The van der Waals surface area contributed by atoms with Gasteiger partial charge in [0.2, 0.25) is 0 Å². The summed E-state index contributed by atoms with van der Waals surface area (Å²) in [7, 11) is 0. The second kappa shape index (κ2) is 13.5. The molecule has 1 saturated carbocycles. The van der Waals surface area contributed by atoms with Crippen molar-refractivity contribution in [2.45, 2.75) is 138 Å². The lowest BCUT2D eigenvalue weighted by molar-refractivity contribution is 0.134. The van der Waals surface area contributed by atoms with Gasteiger partial charge in [-0.25, -0.2) is 0 Å². The number of rotatable bonds is 10. The molecule has 0 amide bonds. The second-order valence-electron chi connectivity index (χ2n) is 13.0. The van der Waals surface area contributed by atoms with Crippen molar-refractivity contribution >= 4 is 0 Å². The van der Waals surface area contributed by atoms with Crippen molar-refractivity contribution in [2.24, 2.45) is 47.3 Å². The average Bonchev–Trinajstić information content (AvgIpc) is 2.95. The quantitative estimate of drug-likeness (QED) is 0.288. The SMILES string of the molecule is CCCC1C(CC)CC(C)C(C[C@@H]2CC=C(C3=CCCCC3)CC2)CC1[C@@H](C)CCC(C)C. The van der Waals surface area contributed by atoms with E-state index in [0.29, 0.717) is 0 Å². The maximum atomic E-state index is 2.67. The molecule has 7 atom stereocenters. The van der Waals surface area contributed by atoms with Gasteiger partial charge in [0.05, 0.1) is 0 Å². The van der Waals surface area contributed by atoms with Gasteiger partial charge in [-0.3, -0.25) is 0 Å². The van der Waals surface area contributed by atoms with Crippen LogP contribution in [-0.4, -0.2) is 0 Å². The molecule has 0 aromatic carbocycles. The van der Waals surface area contributed by atoms with E-state index in [1.807, 2.05) is 0 Å². The molecule has 5 unspecified atom stereocenters. The van der Waals surface area contributed by atoms with Crippen LogP contribution in [0.25, 0.3) is 0 Å². The molecule has 0 spiro atoms. The highest BCUT2D eigenvalue weighted by atomic mass is 14.4. The van der Waals surface area contributed by atoms with E-state index < -0.39 is 0 Å². The summed E-state index contributed by atoms with van der Waals surface area (Å²) in [5, 5.41) is 0. The molecule has 3 aliphatic carbocycles. The van der Waals surface area contributed by atoms with Crippen LogP contribution in [0, 0.1) is 47.3 Å². The highest BCUT2D eigenvalue weighted by Gasteiger charge is 2.39. The van der Waals surface area contributed by atoms with Gasteiger partial charge in [-0.1, -0.05) is 85.8 Å². The van der Waals surface area contributed by atoms with Crippen LogP contribution in [-0.2, 0) is 0 Å².